The second kappa shape index (κ2) is 12.7. The van der Waals surface area contributed by atoms with Crippen molar-refractivity contribution in [3.05, 3.63) is 59.4 Å². The number of likely N-dealkylation sites (tertiary alicyclic amines) is 1. The molecule has 2 amide bonds. The number of hydrogen-bond donors (Lipinski definition) is 3. The van der Waals surface area contributed by atoms with Gasteiger partial charge in [-0.05, 0) is 67.8 Å². The van der Waals surface area contributed by atoms with Gasteiger partial charge in [-0.25, -0.2) is 9.18 Å². The maximum atomic E-state index is 15.6. The standard InChI is InChI=1S/C30H40FN3O4/c1-3-21-8-4-9-22(18-21)27-25(11-5-12-26(27)31)30(37,14-7-15-33-29(36)38-2)24-10-6-17-34(20-24)28(35)23-13-16-32-19-23/h4-5,8-9,11-12,18,23-24,32,37H,3,6-7,10,13-17,19-20H2,1-2H3,(H,33,36)/t23?,24-,30?/m1/s1. The molecule has 3 N–H and O–H groups in total. The lowest BCUT2D eigenvalue weighted by Gasteiger charge is -2.44. The van der Waals surface area contributed by atoms with Crippen molar-refractivity contribution in [2.45, 2.75) is 51.0 Å². The van der Waals surface area contributed by atoms with E-state index in [-0.39, 0.29) is 23.6 Å². The van der Waals surface area contributed by atoms with Gasteiger partial charge < -0.3 is 25.4 Å². The van der Waals surface area contributed by atoms with Crippen LogP contribution in [0, 0.1) is 17.7 Å². The number of hydrogen-bond acceptors (Lipinski definition) is 5. The van der Waals surface area contributed by atoms with E-state index in [1.54, 1.807) is 6.07 Å². The molecule has 2 aromatic carbocycles. The van der Waals surface area contributed by atoms with Crippen molar-refractivity contribution in [3.8, 4) is 11.1 Å². The second-order valence-corrected chi connectivity index (χ2v) is 10.5. The number of nitrogens with one attached hydrogen (secondary N) is 2. The van der Waals surface area contributed by atoms with Gasteiger partial charge in [0, 0.05) is 37.7 Å². The monoisotopic (exact) mass is 525 g/mol. The van der Waals surface area contributed by atoms with E-state index in [9.17, 15) is 14.7 Å². The van der Waals surface area contributed by atoms with Gasteiger partial charge in [0.25, 0.3) is 0 Å². The SMILES string of the molecule is CCc1cccc(-c2c(F)cccc2C(O)(CCCNC(=O)OC)[C@@H]2CCCN(C(=O)C3CCNC3)C2)c1. The molecule has 2 saturated heterocycles. The number of aryl methyl sites for hydroxylation is 1. The van der Waals surface area contributed by atoms with E-state index in [1.165, 1.54) is 13.2 Å². The van der Waals surface area contributed by atoms with Crippen molar-refractivity contribution >= 4 is 12.0 Å². The predicted octanol–water partition coefficient (Wildman–Crippen LogP) is 4.23. The molecule has 8 heteroatoms. The van der Waals surface area contributed by atoms with E-state index < -0.39 is 11.7 Å². The topological polar surface area (TPSA) is 90.9 Å². The number of benzene rings is 2. The largest absolute Gasteiger partial charge is 0.453 e. The molecule has 206 valence electrons. The zero-order valence-corrected chi connectivity index (χ0v) is 22.5. The lowest BCUT2D eigenvalue weighted by Crippen LogP contribution is -2.50. The summed E-state index contributed by atoms with van der Waals surface area (Å²) in [5.74, 6) is -0.567. The number of piperidine rings is 1. The van der Waals surface area contributed by atoms with Crippen molar-refractivity contribution < 1.29 is 23.8 Å². The summed E-state index contributed by atoms with van der Waals surface area (Å²) in [6, 6.07) is 12.7. The number of carbonyl (C=O) groups excluding carboxylic acids is 2. The van der Waals surface area contributed by atoms with Gasteiger partial charge in [-0.15, -0.1) is 0 Å². The number of carbonyl (C=O) groups is 2. The maximum Gasteiger partial charge on any atom is 0.406 e. The molecule has 7 nitrogen and oxygen atoms in total. The smallest absolute Gasteiger partial charge is 0.406 e. The summed E-state index contributed by atoms with van der Waals surface area (Å²) in [5, 5.41) is 18.5. The van der Waals surface area contributed by atoms with Gasteiger partial charge in [0.1, 0.15) is 5.82 Å². The molecule has 0 radical (unpaired) electrons. The number of ether oxygens (including phenoxy) is 1. The number of alkyl carbamates (subject to hydrolysis) is 1. The molecule has 2 aliphatic rings. The number of methoxy groups -OCH3 is 1. The number of rotatable bonds is 9. The minimum atomic E-state index is -1.40. The molecule has 2 fully saturated rings. The summed E-state index contributed by atoms with van der Waals surface area (Å²) in [5.41, 5.74) is 1.34. The molecule has 2 aromatic rings. The van der Waals surface area contributed by atoms with Gasteiger partial charge >= 0.3 is 6.09 Å². The molecule has 0 bridgehead atoms. The fourth-order valence-electron chi connectivity index (χ4n) is 6.00. The van der Waals surface area contributed by atoms with Crippen LogP contribution in [0.5, 0.6) is 0 Å². The summed E-state index contributed by atoms with van der Waals surface area (Å²) in [7, 11) is 1.31. The molecule has 38 heavy (non-hydrogen) atoms. The Labute approximate surface area is 224 Å². The maximum absolute atomic E-state index is 15.6. The molecule has 4 rings (SSSR count). The Kier molecular flexibility index (Phi) is 9.39. The highest BCUT2D eigenvalue weighted by molar-refractivity contribution is 5.79. The molecule has 0 aliphatic carbocycles. The highest BCUT2D eigenvalue weighted by atomic mass is 19.1. The number of aliphatic hydroxyl groups is 1. The third kappa shape index (κ3) is 6.18. The first-order valence-electron chi connectivity index (χ1n) is 13.8. The lowest BCUT2D eigenvalue weighted by atomic mass is 9.72. The number of nitrogens with zero attached hydrogens (tertiary/aromatic N) is 1. The van der Waals surface area contributed by atoms with E-state index >= 15 is 4.39 Å². The fraction of sp³-hybridized carbons (Fsp3) is 0.533. The quantitative estimate of drug-likeness (QED) is 0.427. The summed E-state index contributed by atoms with van der Waals surface area (Å²) in [4.78, 5) is 26.8. The van der Waals surface area contributed by atoms with Crippen molar-refractivity contribution in [1.82, 2.24) is 15.5 Å². The van der Waals surface area contributed by atoms with Crippen LogP contribution in [-0.4, -0.2) is 61.8 Å². The Bertz CT molecular complexity index is 1120. The lowest BCUT2D eigenvalue weighted by molar-refractivity contribution is -0.140. The highest BCUT2D eigenvalue weighted by Crippen LogP contribution is 2.44. The van der Waals surface area contributed by atoms with Gasteiger partial charge in [0.05, 0.1) is 18.6 Å². The van der Waals surface area contributed by atoms with E-state index in [2.05, 4.69) is 22.3 Å². The molecular weight excluding hydrogens is 485 g/mol. The summed E-state index contributed by atoms with van der Waals surface area (Å²) < 4.78 is 20.2. The van der Waals surface area contributed by atoms with Crippen LogP contribution in [0.2, 0.25) is 0 Å². The Hall–Kier alpha value is -2.97. The Balaban J connectivity index is 1.69. The van der Waals surface area contributed by atoms with E-state index in [1.807, 2.05) is 35.2 Å². The molecule has 0 spiro atoms. The van der Waals surface area contributed by atoms with Crippen LogP contribution in [0.1, 0.15) is 50.2 Å². The van der Waals surface area contributed by atoms with Gasteiger partial charge in [0.2, 0.25) is 5.91 Å². The third-order valence-electron chi connectivity index (χ3n) is 8.11. The first-order chi connectivity index (χ1) is 18.4. The fourth-order valence-corrected chi connectivity index (χ4v) is 6.00. The van der Waals surface area contributed by atoms with Crippen LogP contribution in [-0.2, 0) is 21.6 Å². The summed E-state index contributed by atoms with van der Waals surface area (Å²) in [6.07, 6.45) is 3.37. The summed E-state index contributed by atoms with van der Waals surface area (Å²) >= 11 is 0. The number of halogens is 1. The Morgan fingerprint density at radius 1 is 1.24 bits per heavy atom. The van der Waals surface area contributed by atoms with Crippen LogP contribution in [0.4, 0.5) is 9.18 Å². The van der Waals surface area contributed by atoms with Crippen molar-refractivity contribution in [2.24, 2.45) is 11.8 Å². The zero-order chi connectivity index (χ0) is 27.1. The minimum Gasteiger partial charge on any atom is -0.453 e. The average Bonchev–Trinajstić information content (AvgIpc) is 3.50. The van der Waals surface area contributed by atoms with E-state index in [0.717, 1.165) is 43.4 Å². The van der Waals surface area contributed by atoms with Crippen LogP contribution in [0.15, 0.2) is 42.5 Å². The van der Waals surface area contributed by atoms with Crippen molar-refractivity contribution in [1.29, 1.82) is 0 Å². The van der Waals surface area contributed by atoms with Crippen molar-refractivity contribution in [3.63, 3.8) is 0 Å². The van der Waals surface area contributed by atoms with Crippen LogP contribution >= 0.6 is 0 Å². The molecule has 0 saturated carbocycles. The first kappa shape index (κ1) is 28.0. The van der Waals surface area contributed by atoms with E-state index in [4.69, 9.17) is 0 Å². The van der Waals surface area contributed by atoms with Gasteiger partial charge in [-0.3, -0.25) is 4.79 Å². The molecule has 0 aromatic heterocycles. The van der Waals surface area contributed by atoms with Crippen LogP contribution in [0.25, 0.3) is 11.1 Å². The molecule has 2 aliphatic heterocycles. The van der Waals surface area contributed by atoms with Crippen molar-refractivity contribution in [2.75, 3.05) is 39.8 Å². The zero-order valence-electron chi connectivity index (χ0n) is 22.5. The predicted molar refractivity (Wildman–Crippen MR) is 145 cm³/mol. The highest BCUT2D eigenvalue weighted by Gasteiger charge is 2.43. The second-order valence-electron chi connectivity index (χ2n) is 10.5. The van der Waals surface area contributed by atoms with Gasteiger partial charge in [-0.2, -0.15) is 0 Å². The molecule has 3 atom stereocenters. The first-order valence-corrected chi connectivity index (χ1v) is 13.8. The Morgan fingerprint density at radius 2 is 2.05 bits per heavy atom. The molecule has 2 heterocycles. The molecule has 2 unspecified atom stereocenters. The Morgan fingerprint density at radius 3 is 2.79 bits per heavy atom. The third-order valence-corrected chi connectivity index (χ3v) is 8.11. The number of amides is 2. The minimum absolute atomic E-state index is 0.0346. The van der Waals surface area contributed by atoms with Crippen LogP contribution < -0.4 is 10.6 Å². The van der Waals surface area contributed by atoms with Gasteiger partial charge in [-0.1, -0.05) is 43.3 Å². The van der Waals surface area contributed by atoms with E-state index in [0.29, 0.717) is 50.1 Å². The summed E-state index contributed by atoms with van der Waals surface area (Å²) in [6.45, 7) is 4.98. The van der Waals surface area contributed by atoms with Crippen LogP contribution in [0.3, 0.4) is 0 Å². The van der Waals surface area contributed by atoms with Gasteiger partial charge in [0.15, 0.2) is 0 Å². The normalized spacial score (nSPS) is 21.1. The molecular formula is C30H40FN3O4. The average molecular weight is 526 g/mol.